The number of nitrogens with zero attached hydrogens (tertiary/aromatic N) is 3. The van der Waals surface area contributed by atoms with Crippen molar-refractivity contribution in [2.45, 2.75) is 11.3 Å². The van der Waals surface area contributed by atoms with Gasteiger partial charge < -0.3 is 9.80 Å². The van der Waals surface area contributed by atoms with Gasteiger partial charge in [0.25, 0.3) is 0 Å². The minimum atomic E-state index is -0.357. The van der Waals surface area contributed by atoms with Crippen LogP contribution in [0.4, 0.5) is 5.69 Å². The van der Waals surface area contributed by atoms with Crippen molar-refractivity contribution < 1.29 is 9.59 Å². The Morgan fingerprint density at radius 2 is 1.90 bits per heavy atom. The Hall–Kier alpha value is -2.28. The predicted molar refractivity (Wildman–Crippen MR) is 116 cm³/mol. The number of piperazine rings is 1. The molecule has 0 saturated carbocycles. The fraction of sp³-hybridized carbons (Fsp3) is 0.348. The average molecular weight is 406 g/mol. The lowest BCUT2D eigenvalue weighted by Crippen LogP contribution is -2.45. The summed E-state index contributed by atoms with van der Waals surface area (Å²) < 4.78 is 0. The van der Waals surface area contributed by atoms with Gasteiger partial charge in [-0.3, -0.25) is 9.59 Å². The fourth-order valence-electron chi connectivity index (χ4n) is 4.13. The Balaban J connectivity index is 1.45. The fourth-order valence-corrected chi connectivity index (χ4v) is 5.27. The number of carbonyl (C=O) groups is 2. The molecule has 2 heterocycles. The second-order valence-corrected chi connectivity index (χ2v) is 9.04. The van der Waals surface area contributed by atoms with Crippen LogP contribution in [0.3, 0.4) is 0 Å². The smallest absolute Gasteiger partial charge is 0.231 e. The zero-order chi connectivity index (χ0) is 20.0. The third-order valence-corrected chi connectivity index (χ3v) is 7.14. The van der Waals surface area contributed by atoms with Gasteiger partial charge in [-0.25, -0.2) is 4.99 Å². The van der Waals surface area contributed by atoms with Crippen LogP contribution in [0.5, 0.6) is 0 Å². The van der Waals surface area contributed by atoms with E-state index in [9.17, 15) is 9.59 Å². The third kappa shape index (κ3) is 3.45. The molecule has 0 radical (unpaired) electrons. The molecule has 5 nitrogen and oxygen atoms in total. The number of aliphatic imine (C=N–C) groups is 1. The predicted octanol–water partition coefficient (Wildman–Crippen LogP) is 3.02. The van der Waals surface area contributed by atoms with Gasteiger partial charge >= 0.3 is 0 Å². The van der Waals surface area contributed by atoms with Crippen molar-refractivity contribution >= 4 is 34.7 Å². The van der Waals surface area contributed by atoms with E-state index in [1.807, 2.05) is 42.5 Å². The molecule has 1 unspecified atom stereocenters. The van der Waals surface area contributed by atoms with Gasteiger partial charge in [0.05, 0.1) is 11.4 Å². The van der Waals surface area contributed by atoms with E-state index >= 15 is 0 Å². The first kappa shape index (κ1) is 18.7. The van der Waals surface area contributed by atoms with Crippen molar-refractivity contribution in [2.75, 3.05) is 39.8 Å². The zero-order valence-electron chi connectivity index (χ0n) is 16.4. The molecule has 148 valence electrons. The quantitative estimate of drug-likeness (QED) is 0.724. The van der Waals surface area contributed by atoms with Crippen LogP contribution in [0.15, 0.2) is 68.4 Å². The number of likely N-dealkylation sites (N-methyl/N-ethyl adjacent to an activating group) is 1. The Morgan fingerprint density at radius 3 is 2.66 bits per heavy atom. The highest BCUT2D eigenvalue weighted by Gasteiger charge is 2.38. The molecule has 1 aromatic rings. The van der Waals surface area contributed by atoms with Crippen molar-refractivity contribution in [1.82, 2.24) is 9.80 Å². The van der Waals surface area contributed by atoms with Crippen LogP contribution in [0, 0.1) is 5.92 Å². The summed E-state index contributed by atoms with van der Waals surface area (Å²) in [5.41, 5.74) is 3.03. The molecule has 0 amide bonds. The molecule has 4 aliphatic rings. The molecule has 6 heteroatoms. The van der Waals surface area contributed by atoms with Crippen LogP contribution in [0.1, 0.15) is 6.42 Å². The Kier molecular flexibility index (Phi) is 4.86. The molecule has 0 spiro atoms. The monoisotopic (exact) mass is 405 g/mol. The molecular weight excluding hydrogens is 382 g/mol. The number of thioether (sulfide) groups is 1. The Morgan fingerprint density at radius 1 is 1.10 bits per heavy atom. The third-order valence-electron chi connectivity index (χ3n) is 6.02. The van der Waals surface area contributed by atoms with Crippen LogP contribution in [0.25, 0.3) is 0 Å². The van der Waals surface area contributed by atoms with Gasteiger partial charge in [-0.2, -0.15) is 0 Å². The van der Waals surface area contributed by atoms with Crippen LogP contribution in [-0.2, 0) is 9.59 Å². The summed E-state index contributed by atoms with van der Waals surface area (Å²) in [6, 6.07) is 7.97. The number of carbonyl (C=O) groups excluding carboxylic acids is 2. The summed E-state index contributed by atoms with van der Waals surface area (Å²) in [6.07, 6.45) is 6.52. The number of hydrogen-bond donors (Lipinski definition) is 0. The van der Waals surface area contributed by atoms with Crippen molar-refractivity contribution in [2.24, 2.45) is 10.9 Å². The van der Waals surface area contributed by atoms with Crippen molar-refractivity contribution in [3.63, 3.8) is 0 Å². The van der Waals surface area contributed by atoms with Crippen molar-refractivity contribution in [3.8, 4) is 0 Å². The molecule has 2 aliphatic carbocycles. The van der Waals surface area contributed by atoms with Gasteiger partial charge in [0.2, 0.25) is 11.6 Å². The van der Waals surface area contributed by atoms with Gasteiger partial charge in [-0.1, -0.05) is 30.0 Å². The number of hydrogen-bond acceptors (Lipinski definition) is 6. The number of allylic oxidation sites excluding steroid dienone is 5. The summed E-state index contributed by atoms with van der Waals surface area (Å²) in [7, 11) is 2.14. The lowest BCUT2D eigenvalue weighted by molar-refractivity contribution is -0.136. The lowest BCUT2D eigenvalue weighted by atomic mass is 9.82. The van der Waals surface area contributed by atoms with E-state index in [-0.39, 0.29) is 17.5 Å². The molecule has 0 aromatic heterocycles. The van der Waals surface area contributed by atoms with Gasteiger partial charge in [0, 0.05) is 53.0 Å². The topological polar surface area (TPSA) is 53.0 Å². The second kappa shape index (κ2) is 7.52. The van der Waals surface area contributed by atoms with E-state index in [0.29, 0.717) is 12.0 Å². The van der Waals surface area contributed by atoms with Gasteiger partial charge in [0.1, 0.15) is 0 Å². The molecule has 2 aliphatic heterocycles. The minimum absolute atomic E-state index is 0.278. The Bertz CT molecular complexity index is 1010. The molecule has 1 fully saturated rings. The number of rotatable bonds is 3. The van der Waals surface area contributed by atoms with E-state index in [2.05, 4.69) is 16.8 Å². The molecule has 0 bridgehead atoms. The zero-order valence-corrected chi connectivity index (χ0v) is 17.2. The first-order valence-corrected chi connectivity index (χ1v) is 10.9. The number of Topliss-reactive ketones (excluding diaryl/α,β-unsaturated/α-hetero) is 2. The van der Waals surface area contributed by atoms with Crippen LogP contribution >= 0.6 is 11.8 Å². The summed E-state index contributed by atoms with van der Waals surface area (Å²) in [4.78, 5) is 37.3. The summed E-state index contributed by atoms with van der Waals surface area (Å²) in [6.45, 7) is 4.99. The highest BCUT2D eigenvalue weighted by Crippen LogP contribution is 2.45. The van der Waals surface area contributed by atoms with Crippen LogP contribution in [0.2, 0.25) is 0 Å². The lowest BCUT2D eigenvalue weighted by Gasteiger charge is -2.33. The summed E-state index contributed by atoms with van der Waals surface area (Å²) in [5, 5.41) is 0. The van der Waals surface area contributed by atoms with E-state index in [1.165, 1.54) is 0 Å². The first-order chi connectivity index (χ1) is 14.1. The highest BCUT2D eigenvalue weighted by molar-refractivity contribution is 8.03. The number of benzene rings is 1. The number of para-hydroxylation sites is 1. The summed E-state index contributed by atoms with van der Waals surface area (Å²) in [5.74, 6) is -0.977. The SMILES string of the molecule is CN1CCN(CCC2C=C3Sc4ccccc4N=C4C=C/C4=C/3C(=O)C2=O)CC1. The highest BCUT2D eigenvalue weighted by atomic mass is 32.2. The first-order valence-electron chi connectivity index (χ1n) is 10.1. The van der Waals surface area contributed by atoms with Gasteiger partial charge in [-0.15, -0.1) is 0 Å². The van der Waals surface area contributed by atoms with E-state index in [0.717, 1.165) is 59.5 Å². The van der Waals surface area contributed by atoms with E-state index in [4.69, 9.17) is 4.99 Å². The molecule has 1 atom stereocenters. The molecule has 0 N–H and O–H groups in total. The molecule has 5 rings (SSSR count). The van der Waals surface area contributed by atoms with Gasteiger partial charge in [0.15, 0.2) is 0 Å². The van der Waals surface area contributed by atoms with Crippen molar-refractivity contribution in [1.29, 1.82) is 0 Å². The Labute approximate surface area is 174 Å². The van der Waals surface area contributed by atoms with Gasteiger partial charge in [-0.05, 0) is 44.3 Å². The van der Waals surface area contributed by atoms with E-state index in [1.54, 1.807) is 11.8 Å². The van der Waals surface area contributed by atoms with Crippen LogP contribution in [-0.4, -0.2) is 66.8 Å². The maximum atomic E-state index is 13.1. The number of ketones is 2. The molecule has 1 saturated heterocycles. The maximum Gasteiger partial charge on any atom is 0.231 e. The minimum Gasteiger partial charge on any atom is -0.304 e. The average Bonchev–Trinajstić information content (AvgIpc) is 2.71. The van der Waals surface area contributed by atoms with E-state index < -0.39 is 0 Å². The number of fused-ring (bicyclic) bond motifs is 3. The van der Waals surface area contributed by atoms with Crippen LogP contribution < -0.4 is 0 Å². The molecular formula is C23H23N3O2S. The second-order valence-electron chi connectivity index (χ2n) is 7.95. The maximum absolute atomic E-state index is 13.1. The standard InChI is InChI=1S/C23H23N3O2S/c1-25-10-12-26(13-11-25)9-8-15-14-20-21(23(28)22(15)27)16-6-7-17(16)24-18-4-2-3-5-19(18)29-20/h2-7,14-15H,8-13H2,1H3/b21-16+,24-17?. The normalized spacial score (nSPS) is 27.1. The van der Waals surface area contributed by atoms with Crippen molar-refractivity contribution in [3.05, 3.63) is 58.5 Å². The molecule has 29 heavy (non-hydrogen) atoms. The summed E-state index contributed by atoms with van der Waals surface area (Å²) >= 11 is 1.55. The largest absolute Gasteiger partial charge is 0.304 e. The molecule has 1 aromatic carbocycles.